The lowest BCUT2D eigenvalue weighted by Gasteiger charge is -2.10. The van der Waals surface area contributed by atoms with Crippen LogP contribution in [0.3, 0.4) is 0 Å². The molecular formula is C22H14F4N2O4S. The summed E-state index contributed by atoms with van der Waals surface area (Å²) in [6.45, 7) is -3.10. The number of halogens is 4. The topological polar surface area (TPSA) is 74.3 Å². The van der Waals surface area contributed by atoms with Crippen LogP contribution in [0, 0.1) is 11.6 Å². The monoisotopic (exact) mass is 478 g/mol. The third-order valence-corrected chi connectivity index (χ3v) is 5.84. The highest BCUT2D eigenvalue weighted by molar-refractivity contribution is 7.17. The van der Waals surface area contributed by atoms with Gasteiger partial charge in [0.1, 0.15) is 17.4 Å². The summed E-state index contributed by atoms with van der Waals surface area (Å²) < 4.78 is 64.2. The van der Waals surface area contributed by atoms with Crippen LogP contribution in [0.4, 0.5) is 17.6 Å². The maximum absolute atomic E-state index is 13.9. The van der Waals surface area contributed by atoms with E-state index in [1.807, 2.05) is 0 Å². The van der Waals surface area contributed by atoms with Crippen LogP contribution < -0.4 is 10.5 Å². The second-order valence-electron chi connectivity index (χ2n) is 6.85. The summed E-state index contributed by atoms with van der Waals surface area (Å²) in [7, 11) is 1.39. The first kappa shape index (κ1) is 22.5. The number of alkyl halides is 2. The average Bonchev–Trinajstić information content (AvgIpc) is 3.38. The van der Waals surface area contributed by atoms with Crippen LogP contribution in [0.5, 0.6) is 5.75 Å². The molecule has 0 saturated carbocycles. The second kappa shape index (κ2) is 9.02. The Labute approximate surface area is 187 Å². The number of hydrogen-bond donors (Lipinski definition) is 0. The lowest BCUT2D eigenvalue weighted by molar-refractivity contribution is -0.0494. The van der Waals surface area contributed by atoms with E-state index in [9.17, 15) is 27.2 Å². The van der Waals surface area contributed by atoms with Gasteiger partial charge in [0.25, 0.3) is 0 Å². The van der Waals surface area contributed by atoms with E-state index in [1.54, 1.807) is 0 Å². The van der Waals surface area contributed by atoms with Crippen LogP contribution in [0.2, 0.25) is 0 Å². The molecule has 0 bridgehead atoms. The molecule has 4 rings (SSSR count). The van der Waals surface area contributed by atoms with Gasteiger partial charge in [-0.1, -0.05) is 6.07 Å². The largest absolute Gasteiger partial charge is 0.437 e. The van der Waals surface area contributed by atoms with Crippen molar-refractivity contribution in [3.05, 3.63) is 81.2 Å². The predicted molar refractivity (Wildman–Crippen MR) is 112 cm³/mol. The summed E-state index contributed by atoms with van der Waals surface area (Å²) in [6.07, 6.45) is -0.502. The van der Waals surface area contributed by atoms with Gasteiger partial charge >= 0.3 is 12.4 Å². The molecular weight excluding hydrogens is 464 g/mol. The van der Waals surface area contributed by atoms with Crippen molar-refractivity contribution in [1.82, 2.24) is 9.78 Å². The number of carbonyl (C=O) groups is 1. The lowest BCUT2D eigenvalue weighted by atomic mass is 10.1. The highest BCUT2D eigenvalue weighted by Gasteiger charge is 2.20. The summed E-state index contributed by atoms with van der Waals surface area (Å²) in [5.41, 5.74) is 0.160. The third kappa shape index (κ3) is 4.72. The molecule has 0 N–H and O–H groups in total. The third-order valence-electron chi connectivity index (χ3n) is 4.68. The quantitative estimate of drug-likeness (QED) is 0.274. The highest BCUT2D eigenvalue weighted by Crippen LogP contribution is 2.38. The molecule has 2 aromatic heterocycles. The zero-order chi connectivity index (χ0) is 23.7. The van der Waals surface area contributed by atoms with Crippen LogP contribution in [-0.2, 0) is 13.5 Å². The minimum Gasteiger partial charge on any atom is -0.434 e. The number of carbonyl (C=O) groups excluding carboxylic acids is 1. The molecule has 0 aliphatic heterocycles. The first-order valence-corrected chi connectivity index (χ1v) is 10.2. The molecule has 0 fully saturated rings. The maximum Gasteiger partial charge on any atom is 0.437 e. The van der Waals surface area contributed by atoms with Gasteiger partial charge < -0.3 is 9.15 Å². The van der Waals surface area contributed by atoms with Crippen molar-refractivity contribution in [2.24, 2.45) is 7.05 Å². The van der Waals surface area contributed by atoms with E-state index >= 15 is 0 Å². The van der Waals surface area contributed by atoms with Gasteiger partial charge in [-0.2, -0.15) is 13.5 Å². The molecule has 4 aromatic rings. The molecule has 170 valence electrons. The zero-order valence-corrected chi connectivity index (χ0v) is 17.7. The van der Waals surface area contributed by atoms with E-state index in [2.05, 4.69) is 9.84 Å². The SMILES string of the molecule is Cn1nc(-c2ccc(OC(F)F)c(-c3ccc(C(=O)Cc4c(F)cccc4F)s3)c2)oc1=O. The fraction of sp³-hybridized carbons (Fsp3) is 0.136. The number of ether oxygens (including phenoxy) is 1. The van der Waals surface area contributed by atoms with E-state index < -0.39 is 36.2 Å². The first-order valence-electron chi connectivity index (χ1n) is 9.42. The Kier molecular flexibility index (Phi) is 6.14. The molecule has 2 heterocycles. The van der Waals surface area contributed by atoms with Gasteiger partial charge in [0.15, 0.2) is 5.78 Å². The molecule has 0 spiro atoms. The Balaban J connectivity index is 1.70. The molecule has 0 amide bonds. The Hall–Kier alpha value is -3.73. The smallest absolute Gasteiger partial charge is 0.434 e. The highest BCUT2D eigenvalue weighted by atomic mass is 32.1. The Morgan fingerprint density at radius 2 is 1.88 bits per heavy atom. The number of aryl methyl sites for hydroxylation is 1. The molecule has 6 nitrogen and oxygen atoms in total. The number of ketones is 1. The molecule has 0 unspecified atom stereocenters. The minimum absolute atomic E-state index is 0.0322. The Morgan fingerprint density at radius 3 is 2.52 bits per heavy atom. The minimum atomic E-state index is -3.10. The summed E-state index contributed by atoms with van der Waals surface area (Å²) in [5, 5.41) is 3.93. The number of hydrogen-bond acceptors (Lipinski definition) is 6. The normalized spacial score (nSPS) is 11.2. The molecule has 33 heavy (non-hydrogen) atoms. The molecule has 0 aliphatic carbocycles. The van der Waals surface area contributed by atoms with E-state index in [0.717, 1.165) is 28.2 Å². The number of aromatic nitrogens is 2. The van der Waals surface area contributed by atoms with Crippen LogP contribution >= 0.6 is 11.3 Å². The van der Waals surface area contributed by atoms with Crippen molar-refractivity contribution in [2.75, 3.05) is 0 Å². The number of thiophene rings is 1. The van der Waals surface area contributed by atoms with Gasteiger partial charge in [-0.15, -0.1) is 16.4 Å². The van der Waals surface area contributed by atoms with Crippen LogP contribution in [0.15, 0.2) is 57.7 Å². The maximum atomic E-state index is 13.9. The molecule has 0 atom stereocenters. The predicted octanol–water partition coefficient (Wildman–Crippen LogP) is 5.07. The standard InChI is InChI=1S/C22H14F4N2O4S/c1-28-22(30)32-20(27-28)11-5-6-17(31-21(25)26)13(9-11)18-7-8-19(33-18)16(29)10-12-14(23)3-2-4-15(12)24/h2-9,21H,10H2,1H3. The summed E-state index contributed by atoms with van der Waals surface area (Å²) in [6, 6.07) is 10.3. The summed E-state index contributed by atoms with van der Waals surface area (Å²) in [5.74, 6) is -3.12. The average molecular weight is 478 g/mol. The molecule has 0 saturated heterocycles. The van der Waals surface area contributed by atoms with Crippen LogP contribution in [-0.4, -0.2) is 22.2 Å². The van der Waals surface area contributed by atoms with E-state index in [0.29, 0.717) is 10.4 Å². The van der Waals surface area contributed by atoms with Gasteiger partial charge in [-0.25, -0.2) is 13.6 Å². The fourth-order valence-corrected chi connectivity index (χ4v) is 4.06. The van der Waals surface area contributed by atoms with Crippen molar-refractivity contribution < 1.29 is 31.5 Å². The number of nitrogens with zero attached hydrogens (tertiary/aromatic N) is 2. The van der Waals surface area contributed by atoms with Gasteiger partial charge in [-0.05, 0) is 42.5 Å². The van der Waals surface area contributed by atoms with Gasteiger partial charge in [0.05, 0.1) is 4.88 Å². The van der Waals surface area contributed by atoms with Crippen molar-refractivity contribution in [1.29, 1.82) is 0 Å². The second-order valence-corrected chi connectivity index (χ2v) is 7.93. The fourth-order valence-electron chi connectivity index (χ4n) is 3.10. The summed E-state index contributed by atoms with van der Waals surface area (Å²) in [4.78, 5) is 24.7. The van der Waals surface area contributed by atoms with Crippen molar-refractivity contribution in [3.63, 3.8) is 0 Å². The summed E-state index contributed by atoms with van der Waals surface area (Å²) >= 11 is 0.941. The van der Waals surface area contributed by atoms with Gasteiger partial charge in [0.2, 0.25) is 5.89 Å². The first-order chi connectivity index (χ1) is 15.7. The van der Waals surface area contributed by atoms with Crippen LogP contribution in [0.25, 0.3) is 21.9 Å². The van der Waals surface area contributed by atoms with Gasteiger partial charge in [-0.3, -0.25) is 4.79 Å². The Bertz CT molecular complexity index is 1370. The Morgan fingerprint density at radius 1 is 1.15 bits per heavy atom. The lowest BCUT2D eigenvalue weighted by Crippen LogP contribution is -2.09. The van der Waals surface area contributed by atoms with Crippen molar-refractivity contribution in [2.45, 2.75) is 13.0 Å². The van der Waals surface area contributed by atoms with Crippen molar-refractivity contribution >= 4 is 17.1 Å². The van der Waals surface area contributed by atoms with Crippen LogP contribution in [0.1, 0.15) is 15.2 Å². The van der Waals surface area contributed by atoms with E-state index in [1.165, 1.54) is 43.4 Å². The zero-order valence-electron chi connectivity index (χ0n) is 16.9. The molecule has 0 radical (unpaired) electrons. The number of rotatable bonds is 7. The van der Waals surface area contributed by atoms with E-state index in [-0.39, 0.29) is 27.6 Å². The number of benzene rings is 2. The van der Waals surface area contributed by atoms with E-state index in [4.69, 9.17) is 4.42 Å². The van der Waals surface area contributed by atoms with Crippen molar-refractivity contribution in [3.8, 4) is 27.6 Å². The van der Waals surface area contributed by atoms with Gasteiger partial charge in [0, 0.05) is 35.0 Å². The number of Topliss-reactive ketones (excluding diaryl/α,β-unsaturated/α-hetero) is 1. The molecule has 2 aromatic carbocycles. The molecule has 11 heteroatoms. The molecule has 0 aliphatic rings.